The van der Waals surface area contributed by atoms with Gasteiger partial charge in [0.25, 0.3) is 0 Å². The number of ether oxygens (including phenoxy) is 1. The Morgan fingerprint density at radius 1 is 1.07 bits per heavy atom. The van der Waals surface area contributed by atoms with Gasteiger partial charge in [0.15, 0.2) is 0 Å². The molecule has 2 aliphatic rings. The molecule has 1 aromatic carbocycles. The molecule has 1 aromatic rings. The first-order chi connectivity index (χ1) is 14.0. The predicted octanol–water partition coefficient (Wildman–Crippen LogP) is 5.85. The zero-order valence-corrected chi connectivity index (χ0v) is 18.2. The van der Waals surface area contributed by atoms with Gasteiger partial charge in [0.2, 0.25) is 0 Å². The first kappa shape index (κ1) is 22.9. The Hall–Kier alpha value is -1.76. The lowest BCUT2D eigenvalue weighted by molar-refractivity contribution is -0.138. The van der Waals surface area contributed by atoms with Crippen molar-refractivity contribution in [3.05, 3.63) is 35.4 Å². The van der Waals surface area contributed by atoms with Crippen LogP contribution in [0.3, 0.4) is 0 Å². The van der Waals surface area contributed by atoms with E-state index in [0.29, 0.717) is 18.7 Å². The molecule has 0 bridgehead atoms. The van der Waals surface area contributed by atoms with Gasteiger partial charge in [-0.2, -0.15) is 13.2 Å². The lowest BCUT2D eigenvalue weighted by Gasteiger charge is -2.42. The summed E-state index contributed by atoms with van der Waals surface area (Å²) in [6.45, 7) is 6.90. The van der Waals surface area contributed by atoms with Gasteiger partial charge in [0, 0.05) is 31.7 Å². The predicted molar refractivity (Wildman–Crippen MR) is 110 cm³/mol. The number of halogens is 3. The van der Waals surface area contributed by atoms with E-state index in [0.717, 1.165) is 44.6 Å². The van der Waals surface area contributed by atoms with Crippen LogP contribution in [0.4, 0.5) is 18.0 Å². The number of hydrogen-bond donors (Lipinski definition) is 0. The summed E-state index contributed by atoms with van der Waals surface area (Å²) in [4.78, 5) is 16.5. The number of hydrogen-bond acceptors (Lipinski definition) is 3. The first-order valence-electron chi connectivity index (χ1n) is 10.9. The van der Waals surface area contributed by atoms with Crippen LogP contribution in [0.2, 0.25) is 0 Å². The molecule has 0 radical (unpaired) electrons. The van der Waals surface area contributed by atoms with Gasteiger partial charge in [0.1, 0.15) is 5.60 Å². The molecular formula is C23H33F3N2O2. The monoisotopic (exact) mass is 426 g/mol. The molecule has 3 rings (SSSR count). The van der Waals surface area contributed by atoms with E-state index in [-0.39, 0.29) is 24.7 Å². The second-order valence-electron chi connectivity index (χ2n) is 9.49. The SMILES string of the molecule is CC(C)(C)OC(=O)N1CCC[C@H](N(Cc2ccccc2C(F)(F)F)C2CCCC2)C1. The van der Waals surface area contributed by atoms with Gasteiger partial charge >= 0.3 is 12.3 Å². The maximum atomic E-state index is 13.6. The molecule has 0 N–H and O–H groups in total. The molecule has 0 aromatic heterocycles. The highest BCUT2D eigenvalue weighted by molar-refractivity contribution is 5.68. The number of alkyl halides is 3. The number of nitrogens with zero attached hydrogens (tertiary/aromatic N) is 2. The Bertz CT molecular complexity index is 724. The molecule has 1 heterocycles. The molecule has 1 saturated carbocycles. The van der Waals surface area contributed by atoms with E-state index in [1.807, 2.05) is 20.8 Å². The molecule has 0 unspecified atom stereocenters. The number of rotatable bonds is 4. The summed E-state index contributed by atoms with van der Waals surface area (Å²) in [7, 11) is 0. The van der Waals surface area contributed by atoms with Crippen LogP contribution >= 0.6 is 0 Å². The topological polar surface area (TPSA) is 32.8 Å². The summed E-state index contributed by atoms with van der Waals surface area (Å²) in [5.41, 5.74) is -0.819. The van der Waals surface area contributed by atoms with Crippen molar-refractivity contribution in [3.63, 3.8) is 0 Å². The molecule has 0 spiro atoms. The van der Waals surface area contributed by atoms with Crippen molar-refractivity contribution in [2.75, 3.05) is 13.1 Å². The first-order valence-corrected chi connectivity index (χ1v) is 10.9. The molecule has 1 atom stereocenters. The number of carbonyl (C=O) groups excluding carboxylic acids is 1. The summed E-state index contributed by atoms with van der Waals surface area (Å²) >= 11 is 0. The zero-order chi connectivity index (χ0) is 21.9. The van der Waals surface area contributed by atoms with Crippen LogP contribution in [0.25, 0.3) is 0 Å². The minimum atomic E-state index is -4.37. The second kappa shape index (κ2) is 9.16. The smallest absolute Gasteiger partial charge is 0.416 e. The molecule has 7 heteroatoms. The molecule has 1 aliphatic heterocycles. The van der Waals surface area contributed by atoms with Gasteiger partial charge < -0.3 is 9.64 Å². The Kier molecular flexibility index (Phi) is 7.00. The Morgan fingerprint density at radius 2 is 1.70 bits per heavy atom. The number of benzene rings is 1. The van der Waals surface area contributed by atoms with Crippen molar-refractivity contribution in [1.82, 2.24) is 9.80 Å². The van der Waals surface area contributed by atoms with Gasteiger partial charge in [-0.3, -0.25) is 4.90 Å². The lowest BCUT2D eigenvalue weighted by Crippen LogP contribution is -2.53. The molecule has 168 valence electrons. The van der Waals surface area contributed by atoms with Crippen LogP contribution in [0.5, 0.6) is 0 Å². The standard InChI is InChI=1S/C23H33F3N2O2/c1-22(2,3)30-21(29)27-14-8-12-19(16-27)28(18-10-5-6-11-18)15-17-9-4-7-13-20(17)23(24,25)26/h4,7,9,13,18-19H,5-6,8,10-12,14-16H2,1-3H3/t19-/m0/s1. The van der Waals surface area contributed by atoms with Crippen molar-refractivity contribution in [2.24, 2.45) is 0 Å². The largest absolute Gasteiger partial charge is 0.444 e. The van der Waals surface area contributed by atoms with Crippen molar-refractivity contribution in [3.8, 4) is 0 Å². The Morgan fingerprint density at radius 3 is 2.33 bits per heavy atom. The molecule has 1 saturated heterocycles. The fraction of sp³-hybridized carbons (Fsp3) is 0.696. The van der Waals surface area contributed by atoms with E-state index in [1.54, 1.807) is 17.0 Å². The third kappa shape index (κ3) is 5.90. The van der Waals surface area contributed by atoms with Gasteiger partial charge in [-0.1, -0.05) is 31.0 Å². The van der Waals surface area contributed by atoms with E-state index in [2.05, 4.69) is 4.90 Å². The van der Waals surface area contributed by atoms with E-state index < -0.39 is 17.3 Å². The minimum Gasteiger partial charge on any atom is -0.444 e. The maximum absolute atomic E-state index is 13.6. The molecule has 1 aliphatic carbocycles. The molecule has 2 fully saturated rings. The fourth-order valence-corrected chi connectivity index (χ4v) is 4.64. The average molecular weight is 427 g/mol. The quantitative estimate of drug-likeness (QED) is 0.605. The Balaban J connectivity index is 1.80. The Labute approximate surface area is 177 Å². The highest BCUT2D eigenvalue weighted by Crippen LogP contribution is 2.35. The third-order valence-corrected chi connectivity index (χ3v) is 5.99. The van der Waals surface area contributed by atoms with Crippen LogP contribution in [0.1, 0.15) is 70.4 Å². The van der Waals surface area contributed by atoms with Gasteiger partial charge in [-0.05, 0) is 58.1 Å². The summed E-state index contributed by atoms with van der Waals surface area (Å²) in [5.74, 6) is 0. The molecular weight excluding hydrogens is 393 g/mol. The van der Waals surface area contributed by atoms with E-state index in [9.17, 15) is 18.0 Å². The second-order valence-corrected chi connectivity index (χ2v) is 9.49. The van der Waals surface area contributed by atoms with Crippen LogP contribution in [0.15, 0.2) is 24.3 Å². The summed E-state index contributed by atoms with van der Waals surface area (Å²) < 4.78 is 46.2. The van der Waals surface area contributed by atoms with Crippen LogP contribution < -0.4 is 0 Å². The van der Waals surface area contributed by atoms with Gasteiger partial charge in [-0.15, -0.1) is 0 Å². The molecule has 4 nitrogen and oxygen atoms in total. The highest BCUT2D eigenvalue weighted by Gasteiger charge is 2.37. The van der Waals surface area contributed by atoms with E-state index in [1.165, 1.54) is 6.07 Å². The van der Waals surface area contributed by atoms with Crippen LogP contribution in [-0.2, 0) is 17.5 Å². The number of piperidine rings is 1. The number of likely N-dealkylation sites (tertiary alicyclic amines) is 1. The van der Waals surface area contributed by atoms with Crippen LogP contribution in [-0.4, -0.2) is 46.7 Å². The van der Waals surface area contributed by atoms with Crippen molar-refractivity contribution < 1.29 is 22.7 Å². The highest BCUT2D eigenvalue weighted by atomic mass is 19.4. The van der Waals surface area contributed by atoms with Crippen molar-refractivity contribution in [1.29, 1.82) is 0 Å². The normalized spacial score (nSPS) is 21.3. The zero-order valence-electron chi connectivity index (χ0n) is 18.2. The van der Waals surface area contributed by atoms with E-state index >= 15 is 0 Å². The molecule has 30 heavy (non-hydrogen) atoms. The number of carbonyl (C=O) groups is 1. The summed E-state index contributed by atoms with van der Waals surface area (Å²) in [6.07, 6.45) is 1.20. The minimum absolute atomic E-state index is 0.0376. The lowest BCUT2D eigenvalue weighted by atomic mass is 9.98. The van der Waals surface area contributed by atoms with Gasteiger partial charge in [-0.25, -0.2) is 4.79 Å². The van der Waals surface area contributed by atoms with Crippen molar-refractivity contribution >= 4 is 6.09 Å². The van der Waals surface area contributed by atoms with E-state index in [4.69, 9.17) is 4.74 Å². The van der Waals surface area contributed by atoms with Gasteiger partial charge in [0.05, 0.1) is 5.56 Å². The number of amides is 1. The maximum Gasteiger partial charge on any atom is 0.416 e. The fourth-order valence-electron chi connectivity index (χ4n) is 4.64. The summed E-state index contributed by atoms with van der Waals surface area (Å²) in [5, 5.41) is 0. The third-order valence-electron chi connectivity index (χ3n) is 5.99. The molecule has 1 amide bonds. The summed E-state index contributed by atoms with van der Waals surface area (Å²) in [6, 6.07) is 6.16. The van der Waals surface area contributed by atoms with Crippen LogP contribution in [0, 0.1) is 0 Å². The van der Waals surface area contributed by atoms with Crippen molar-refractivity contribution in [2.45, 2.75) is 89.7 Å². The average Bonchev–Trinajstić information content (AvgIpc) is 3.19.